The van der Waals surface area contributed by atoms with Gasteiger partial charge in [0, 0.05) is 130 Å². The molecule has 0 fully saturated rings. The first-order valence-corrected chi connectivity index (χ1v) is 41.1. The molecule has 25 rings (SSSR count). The van der Waals surface area contributed by atoms with Gasteiger partial charge in [-0.2, -0.15) is 0 Å². The number of aromatic nitrogens is 10. The van der Waals surface area contributed by atoms with E-state index in [-0.39, 0.29) is 0 Å². The fourth-order valence-corrected chi connectivity index (χ4v) is 19.0. The Hall–Kier alpha value is -16.0. The summed E-state index contributed by atoms with van der Waals surface area (Å²) in [5.74, 6) is 3.88. The summed E-state index contributed by atoms with van der Waals surface area (Å²) in [7, 11) is 0. The number of fused-ring (bicyclic) bond motifs is 18. The topological polar surface area (TPSA) is 110 Å². The molecule has 0 unspecified atom stereocenters. The van der Waals surface area contributed by atoms with Crippen molar-refractivity contribution in [2.24, 2.45) is 0 Å². The number of hydrogen-bond acceptors (Lipinski definition) is 8. The Morgan fingerprint density at radius 3 is 0.867 bits per heavy atom. The van der Waals surface area contributed by atoms with Crippen molar-refractivity contribution in [3.05, 3.63) is 400 Å². The van der Waals surface area contributed by atoms with E-state index in [4.69, 9.17) is 34.3 Å². The minimum Gasteiger partial charge on any atom is -0.456 e. The Kier molecular flexibility index (Phi) is 15.9. The van der Waals surface area contributed by atoms with E-state index in [9.17, 15) is 0 Å². The molecule has 0 saturated carbocycles. The molecule has 25 aromatic rings. The maximum Gasteiger partial charge on any atom is 0.164 e. The number of rotatable bonds is 11. The summed E-state index contributed by atoms with van der Waals surface area (Å²) in [5, 5.41) is 14.4. The first-order valence-electron chi connectivity index (χ1n) is 40.3. The highest BCUT2D eigenvalue weighted by Crippen LogP contribution is 2.45. The maximum atomic E-state index is 6.10. The lowest BCUT2D eigenvalue weighted by atomic mass is 10.0. The van der Waals surface area contributed by atoms with E-state index < -0.39 is 0 Å². The van der Waals surface area contributed by atoms with Crippen LogP contribution in [0.25, 0.3) is 232 Å². The summed E-state index contributed by atoms with van der Waals surface area (Å²) >= 11 is 1.82. The van der Waals surface area contributed by atoms with Crippen molar-refractivity contribution in [2.75, 3.05) is 0 Å². The molecule has 0 radical (unpaired) electrons. The number of nitrogens with zero attached hydrogens (tertiary/aromatic N) is 10. The molecule has 0 N–H and O–H groups in total. The molecular weight excluding hydrogens is 1490 g/mol. The van der Waals surface area contributed by atoms with Crippen molar-refractivity contribution in [2.45, 2.75) is 0 Å². The second-order valence-corrected chi connectivity index (χ2v) is 31.6. The molecule has 0 atom stereocenters. The molecule has 12 heteroatoms. The summed E-state index contributed by atoms with van der Waals surface area (Å²) in [6.07, 6.45) is 0. The maximum absolute atomic E-state index is 6.10. The van der Waals surface area contributed by atoms with Crippen LogP contribution in [0.1, 0.15) is 0 Å². The van der Waals surface area contributed by atoms with Gasteiger partial charge in [0.15, 0.2) is 34.9 Å². The number of benzene rings is 17. The fraction of sp³-hybridized carbons (Fsp3) is 0. The van der Waals surface area contributed by atoms with Crippen molar-refractivity contribution in [3.63, 3.8) is 0 Å². The standard InChI is InChI=1S/C63H38N6S.C45H28N4O/c1-3-15-39(16-4-1)61-64-62(40-17-5-2-6-18-40)66-63(65-61)41-27-33-59-51(35-41)52-38-44(30-34-60(52)70-59)69-57-31-28-42(67-53-23-11-7-19-45(53)46-20-8-12-24-54(46)67)36-49(57)50-37-43(29-32-58(50)69)68-55-25-13-9-21-47(55)48-22-10-14-26-56(48)68;1-3-11-29(12-4-1)43-46-44(30-13-5-2-6-14-30)48-45(47-43)31-19-23-34(24-20-31)49-39-17-9-7-15-35(39)37-27-32(21-25-40(37)49)33-22-26-42-38(28-33)36-16-8-10-18-41(36)50-42/h1-38H;1-28H. The first kappa shape index (κ1) is 68.4. The average Bonchev–Trinajstić information content (AvgIpc) is 1.56. The lowest BCUT2D eigenvalue weighted by Gasteiger charge is -2.11. The molecule has 0 spiro atoms. The molecule has 0 aliphatic heterocycles. The number of hydrogen-bond donors (Lipinski definition) is 0. The Morgan fingerprint density at radius 2 is 0.425 bits per heavy atom. The van der Waals surface area contributed by atoms with Crippen LogP contribution < -0.4 is 0 Å². The highest BCUT2D eigenvalue weighted by Gasteiger charge is 2.24. The first-order chi connectivity index (χ1) is 59.5. The molecule has 0 saturated heterocycles. The molecule has 120 heavy (non-hydrogen) atoms. The van der Waals surface area contributed by atoms with E-state index >= 15 is 0 Å². The molecule has 0 aliphatic carbocycles. The smallest absolute Gasteiger partial charge is 0.164 e. The summed E-state index contributed by atoms with van der Waals surface area (Å²) in [4.78, 5) is 29.8. The molecule has 8 aromatic heterocycles. The Labute approximate surface area is 691 Å². The summed E-state index contributed by atoms with van der Waals surface area (Å²) in [5.41, 5.74) is 23.6. The van der Waals surface area contributed by atoms with Crippen LogP contribution in [-0.2, 0) is 0 Å². The normalized spacial score (nSPS) is 11.8. The molecule has 11 nitrogen and oxygen atoms in total. The zero-order valence-corrected chi connectivity index (χ0v) is 65.2. The van der Waals surface area contributed by atoms with Crippen LogP contribution in [0.4, 0.5) is 0 Å². The predicted octanol–water partition coefficient (Wildman–Crippen LogP) is 28.1. The third-order valence-corrected chi connectivity index (χ3v) is 24.7. The van der Waals surface area contributed by atoms with Crippen molar-refractivity contribution in [3.8, 4) is 102 Å². The summed E-state index contributed by atoms with van der Waals surface area (Å²) in [6.45, 7) is 0. The van der Waals surface area contributed by atoms with Gasteiger partial charge < -0.3 is 22.7 Å². The van der Waals surface area contributed by atoms with Gasteiger partial charge in [-0.15, -0.1) is 11.3 Å². The van der Waals surface area contributed by atoms with Crippen LogP contribution >= 0.6 is 11.3 Å². The van der Waals surface area contributed by atoms with Gasteiger partial charge in [-0.05, 0) is 169 Å². The average molecular weight is 1550 g/mol. The number of furan rings is 1. The highest BCUT2D eigenvalue weighted by molar-refractivity contribution is 7.25. The van der Waals surface area contributed by atoms with E-state index in [1.807, 2.05) is 121 Å². The van der Waals surface area contributed by atoms with Gasteiger partial charge in [-0.25, -0.2) is 29.9 Å². The summed E-state index contributed by atoms with van der Waals surface area (Å²) in [6, 6.07) is 142. The third-order valence-electron chi connectivity index (χ3n) is 23.5. The van der Waals surface area contributed by atoms with Gasteiger partial charge in [0.25, 0.3) is 0 Å². The zero-order chi connectivity index (χ0) is 78.9. The van der Waals surface area contributed by atoms with Gasteiger partial charge in [0.2, 0.25) is 0 Å². The minimum atomic E-state index is 0.637. The van der Waals surface area contributed by atoms with Crippen molar-refractivity contribution in [1.29, 1.82) is 0 Å². The van der Waals surface area contributed by atoms with Gasteiger partial charge in [-0.1, -0.05) is 243 Å². The van der Waals surface area contributed by atoms with Crippen LogP contribution in [0.5, 0.6) is 0 Å². The van der Waals surface area contributed by atoms with E-state index in [1.54, 1.807) is 0 Å². The van der Waals surface area contributed by atoms with Gasteiger partial charge in [-0.3, -0.25) is 0 Å². The van der Waals surface area contributed by atoms with Crippen LogP contribution in [0, 0.1) is 0 Å². The molecular formula is C108H66N10OS. The van der Waals surface area contributed by atoms with Crippen LogP contribution in [0.2, 0.25) is 0 Å². The second-order valence-electron chi connectivity index (χ2n) is 30.5. The van der Waals surface area contributed by atoms with Crippen LogP contribution in [0.3, 0.4) is 0 Å². The number of para-hydroxylation sites is 6. The minimum absolute atomic E-state index is 0.637. The molecule has 17 aromatic carbocycles. The monoisotopic (exact) mass is 1550 g/mol. The molecule has 0 aliphatic rings. The van der Waals surface area contributed by atoms with Gasteiger partial charge in [0.05, 0.1) is 44.1 Å². The van der Waals surface area contributed by atoms with Crippen molar-refractivity contribution in [1.82, 2.24) is 48.2 Å². The van der Waals surface area contributed by atoms with Crippen molar-refractivity contribution >= 4 is 141 Å². The SMILES string of the molecule is c1ccc(-c2nc(-c3ccccc3)nc(-c3ccc(-n4c5ccccc5c5cc(-c6ccc7oc8ccccc8c7c6)ccc54)cc3)n2)cc1.c1ccc(-c2nc(-c3ccccc3)nc(-c3ccc4sc5ccc(-n6c7ccc(-n8c9ccccc9c9ccccc98)cc7c7cc(-n8c9ccccc9c9ccccc98)ccc76)cc5c4c3)n2)cc1. The van der Waals surface area contributed by atoms with E-state index in [0.717, 1.165) is 106 Å². The Morgan fingerprint density at radius 1 is 0.167 bits per heavy atom. The van der Waals surface area contributed by atoms with Gasteiger partial charge in [0.1, 0.15) is 11.2 Å². The fourth-order valence-electron chi connectivity index (χ4n) is 18.0. The Balaban J connectivity index is 0.000000144. The lowest BCUT2D eigenvalue weighted by Crippen LogP contribution is -2.00. The van der Waals surface area contributed by atoms with Crippen LogP contribution in [0.15, 0.2) is 405 Å². The zero-order valence-electron chi connectivity index (χ0n) is 64.4. The quantitative estimate of drug-likeness (QED) is 0.127. The second kappa shape index (κ2) is 27.9. The lowest BCUT2D eigenvalue weighted by molar-refractivity contribution is 0.669. The third kappa shape index (κ3) is 11.4. The molecule has 0 amide bonds. The van der Waals surface area contributed by atoms with E-state index in [0.29, 0.717) is 34.9 Å². The predicted molar refractivity (Wildman–Crippen MR) is 495 cm³/mol. The van der Waals surface area contributed by atoms with E-state index in [2.05, 4.69) is 309 Å². The highest BCUT2D eigenvalue weighted by atomic mass is 32.1. The van der Waals surface area contributed by atoms with Gasteiger partial charge >= 0.3 is 0 Å². The molecule has 560 valence electrons. The number of thiophene rings is 1. The molecule has 0 bridgehead atoms. The van der Waals surface area contributed by atoms with Crippen molar-refractivity contribution < 1.29 is 4.42 Å². The molecule has 8 heterocycles. The van der Waals surface area contributed by atoms with E-state index in [1.165, 1.54) is 90.9 Å². The Bertz CT molecular complexity index is 8020. The van der Waals surface area contributed by atoms with Crippen LogP contribution in [-0.4, -0.2) is 48.2 Å². The largest absolute Gasteiger partial charge is 0.456 e. The summed E-state index contributed by atoms with van der Waals surface area (Å²) < 4.78 is 18.2.